The van der Waals surface area contributed by atoms with Crippen LogP contribution in [-0.4, -0.2) is 35.4 Å². The van der Waals surface area contributed by atoms with Crippen molar-refractivity contribution in [1.29, 1.82) is 0 Å². The lowest BCUT2D eigenvalue weighted by Gasteiger charge is -2.11. The zero-order valence-corrected chi connectivity index (χ0v) is 26.2. The van der Waals surface area contributed by atoms with E-state index in [4.69, 9.17) is 4.74 Å². The maximum Gasteiger partial charge on any atom is 0.258 e. The second kappa shape index (κ2) is 19.3. The zero-order valence-electron chi connectivity index (χ0n) is 26.2. The van der Waals surface area contributed by atoms with E-state index in [1.165, 1.54) is 69.8 Å². The number of hydrogen-bond acceptors (Lipinski definition) is 6. The lowest BCUT2D eigenvalue weighted by molar-refractivity contribution is 0.101. The zero-order chi connectivity index (χ0) is 30.7. The van der Waals surface area contributed by atoms with Crippen LogP contribution in [-0.2, 0) is 6.42 Å². The van der Waals surface area contributed by atoms with Gasteiger partial charge in [0.25, 0.3) is 11.8 Å². The van der Waals surface area contributed by atoms with Crippen molar-refractivity contribution in [3.8, 4) is 5.75 Å². The molecule has 0 fully saturated rings. The first kappa shape index (κ1) is 33.6. The van der Waals surface area contributed by atoms with Gasteiger partial charge in [-0.2, -0.15) is 9.97 Å². The summed E-state index contributed by atoms with van der Waals surface area (Å²) in [6, 6.07) is 16.3. The Bertz CT molecular complexity index is 1250. The molecule has 0 aliphatic heterocycles. The highest BCUT2D eigenvalue weighted by Gasteiger charge is 2.13. The number of rotatable bonds is 20. The van der Waals surface area contributed by atoms with Gasteiger partial charge in [0, 0.05) is 24.2 Å². The number of nitrogens with zero attached hydrogens (tertiary/aromatic N) is 2. The van der Waals surface area contributed by atoms with Crippen molar-refractivity contribution in [1.82, 2.24) is 9.97 Å². The summed E-state index contributed by atoms with van der Waals surface area (Å²) in [5.74, 6) is 0.945. The van der Waals surface area contributed by atoms with Crippen molar-refractivity contribution in [3.05, 3.63) is 71.3 Å². The van der Waals surface area contributed by atoms with Crippen LogP contribution in [0.3, 0.4) is 0 Å². The second-order valence-corrected chi connectivity index (χ2v) is 11.0. The van der Waals surface area contributed by atoms with Crippen LogP contribution in [0.25, 0.3) is 0 Å². The normalized spacial score (nSPS) is 10.8. The van der Waals surface area contributed by atoms with E-state index >= 15 is 0 Å². The summed E-state index contributed by atoms with van der Waals surface area (Å²) in [4.78, 5) is 34.5. The number of unbranched alkanes of at least 4 members (excludes halogenated alkanes) is 10. The summed E-state index contributed by atoms with van der Waals surface area (Å²) in [5.41, 5.74) is 2.23. The van der Waals surface area contributed by atoms with E-state index in [1.807, 2.05) is 24.3 Å². The molecule has 232 valence electrons. The largest absolute Gasteiger partial charge is 0.494 e. The molecule has 2 amide bonds. The van der Waals surface area contributed by atoms with E-state index in [2.05, 4.69) is 39.8 Å². The number of benzene rings is 2. The van der Waals surface area contributed by atoms with Crippen LogP contribution < -0.4 is 20.7 Å². The number of carbonyl (C=O) groups is 2. The van der Waals surface area contributed by atoms with Gasteiger partial charge >= 0.3 is 0 Å². The third-order valence-electron chi connectivity index (χ3n) is 7.37. The molecule has 3 N–H and O–H groups in total. The van der Waals surface area contributed by atoms with Crippen LogP contribution in [0.2, 0.25) is 0 Å². The molecule has 1 heterocycles. The average molecular weight is 588 g/mol. The van der Waals surface area contributed by atoms with Gasteiger partial charge in [0.1, 0.15) is 17.4 Å². The summed E-state index contributed by atoms with van der Waals surface area (Å²) < 4.78 is 5.82. The van der Waals surface area contributed by atoms with Crippen molar-refractivity contribution in [2.45, 2.75) is 97.3 Å². The molecule has 0 aliphatic carbocycles. The first-order valence-electron chi connectivity index (χ1n) is 16.0. The minimum Gasteiger partial charge on any atom is -0.494 e. The number of amides is 2. The Morgan fingerprint density at radius 1 is 0.651 bits per heavy atom. The first-order valence-corrected chi connectivity index (χ1v) is 16.0. The van der Waals surface area contributed by atoms with E-state index in [9.17, 15) is 9.59 Å². The molecule has 0 aliphatic rings. The van der Waals surface area contributed by atoms with Gasteiger partial charge in [-0.05, 0) is 61.2 Å². The third-order valence-corrected chi connectivity index (χ3v) is 7.37. The fourth-order valence-electron chi connectivity index (χ4n) is 4.76. The predicted molar refractivity (Wildman–Crippen MR) is 176 cm³/mol. The van der Waals surface area contributed by atoms with Crippen molar-refractivity contribution in [2.75, 3.05) is 29.6 Å². The van der Waals surface area contributed by atoms with Crippen LogP contribution in [0.15, 0.2) is 54.6 Å². The first-order chi connectivity index (χ1) is 21.0. The topological polar surface area (TPSA) is 105 Å². The molecule has 0 saturated heterocycles. The molecule has 2 aromatic carbocycles. The van der Waals surface area contributed by atoms with Gasteiger partial charge in [-0.3, -0.25) is 14.9 Å². The number of hydrogen-bond donors (Lipinski definition) is 3. The minimum atomic E-state index is -0.353. The molecular weight excluding hydrogens is 538 g/mol. The van der Waals surface area contributed by atoms with Crippen molar-refractivity contribution >= 4 is 29.4 Å². The molecule has 0 unspecified atom stereocenters. The van der Waals surface area contributed by atoms with Crippen molar-refractivity contribution in [3.63, 3.8) is 0 Å². The van der Waals surface area contributed by atoms with Crippen molar-refractivity contribution < 1.29 is 14.3 Å². The fraction of sp³-hybridized carbons (Fsp3) is 0.486. The summed E-state index contributed by atoms with van der Waals surface area (Å²) in [5, 5.41) is 8.51. The molecule has 0 saturated carbocycles. The number of ether oxygens (including phenoxy) is 1. The molecule has 43 heavy (non-hydrogen) atoms. The van der Waals surface area contributed by atoms with Gasteiger partial charge in [0.05, 0.1) is 6.61 Å². The van der Waals surface area contributed by atoms with Crippen LogP contribution in [0.1, 0.15) is 117 Å². The molecule has 0 atom stereocenters. The van der Waals surface area contributed by atoms with Gasteiger partial charge < -0.3 is 15.4 Å². The Morgan fingerprint density at radius 3 is 1.81 bits per heavy atom. The number of anilines is 3. The van der Waals surface area contributed by atoms with Gasteiger partial charge in [0.15, 0.2) is 0 Å². The lowest BCUT2D eigenvalue weighted by Crippen LogP contribution is -2.17. The third kappa shape index (κ3) is 12.4. The van der Waals surface area contributed by atoms with E-state index in [0.29, 0.717) is 23.6 Å². The van der Waals surface area contributed by atoms with Gasteiger partial charge in [0.2, 0.25) is 5.95 Å². The molecule has 3 aromatic rings. The summed E-state index contributed by atoms with van der Waals surface area (Å²) in [7, 11) is 1.71. The van der Waals surface area contributed by atoms with Crippen LogP contribution in [0.5, 0.6) is 5.75 Å². The Kier molecular flexibility index (Phi) is 15.1. The number of carbonyl (C=O) groups excluding carboxylic acids is 2. The van der Waals surface area contributed by atoms with E-state index < -0.39 is 0 Å². The summed E-state index contributed by atoms with van der Waals surface area (Å²) in [6.45, 7) is 5.11. The van der Waals surface area contributed by atoms with Crippen LogP contribution >= 0.6 is 0 Å². The van der Waals surface area contributed by atoms with Crippen LogP contribution in [0, 0.1) is 0 Å². The number of aryl methyl sites for hydroxylation is 1. The number of aromatic nitrogens is 2. The maximum absolute atomic E-state index is 12.9. The number of nitrogens with one attached hydrogen (secondary N) is 3. The standard InChI is InChI=1S/C35H49N5O3/c1-4-6-8-10-12-14-16-27-17-19-28(20-18-27)33(41)37-32-26-31(36-3)38-35(39-32)40-34(42)29-21-23-30(24-22-29)43-25-15-13-11-9-7-5-2/h17-24,26H,4-16,25H2,1-3H3,(H3,36,37,38,39,40,41,42). The molecule has 3 rings (SSSR count). The summed E-state index contributed by atoms with van der Waals surface area (Å²) >= 11 is 0. The summed E-state index contributed by atoms with van der Waals surface area (Å²) in [6.07, 6.45) is 15.8. The molecule has 0 bridgehead atoms. The van der Waals surface area contributed by atoms with E-state index in [1.54, 1.807) is 37.4 Å². The molecule has 0 spiro atoms. The Balaban J connectivity index is 1.51. The minimum absolute atomic E-state index is 0.0878. The highest BCUT2D eigenvalue weighted by molar-refractivity contribution is 6.05. The molecule has 0 radical (unpaired) electrons. The van der Waals surface area contributed by atoms with Gasteiger partial charge in [-0.15, -0.1) is 0 Å². The van der Waals surface area contributed by atoms with E-state index in [-0.39, 0.29) is 23.6 Å². The van der Waals surface area contributed by atoms with Gasteiger partial charge in [-0.25, -0.2) is 0 Å². The quantitative estimate of drug-likeness (QED) is 0.114. The molecular formula is C35H49N5O3. The predicted octanol–water partition coefficient (Wildman–Crippen LogP) is 8.67. The van der Waals surface area contributed by atoms with Crippen LogP contribution in [0.4, 0.5) is 17.6 Å². The smallest absolute Gasteiger partial charge is 0.258 e. The van der Waals surface area contributed by atoms with E-state index in [0.717, 1.165) is 25.0 Å². The highest BCUT2D eigenvalue weighted by atomic mass is 16.5. The average Bonchev–Trinajstić information content (AvgIpc) is 3.02. The van der Waals surface area contributed by atoms with Crippen molar-refractivity contribution in [2.24, 2.45) is 0 Å². The monoisotopic (exact) mass is 587 g/mol. The Labute approximate surface area is 257 Å². The lowest BCUT2D eigenvalue weighted by atomic mass is 10.0. The SMILES string of the molecule is CCCCCCCCOc1ccc(C(=O)Nc2nc(NC)cc(NC(=O)c3ccc(CCCCCCCC)cc3)n2)cc1. The Morgan fingerprint density at radius 2 is 1.19 bits per heavy atom. The van der Waals surface area contributed by atoms with Gasteiger partial charge in [-0.1, -0.05) is 90.2 Å². The maximum atomic E-state index is 12.9. The second-order valence-electron chi connectivity index (χ2n) is 11.0. The highest BCUT2D eigenvalue weighted by Crippen LogP contribution is 2.18. The molecule has 1 aromatic heterocycles. The Hall–Kier alpha value is -3.94. The molecule has 8 heteroatoms. The fourth-order valence-corrected chi connectivity index (χ4v) is 4.76. The molecule has 8 nitrogen and oxygen atoms in total.